The van der Waals surface area contributed by atoms with Crippen molar-refractivity contribution in [2.24, 2.45) is 4.99 Å². The number of guanidine groups is 1. The lowest BCUT2D eigenvalue weighted by Gasteiger charge is -2.13. The predicted molar refractivity (Wildman–Crippen MR) is 115 cm³/mol. The van der Waals surface area contributed by atoms with Crippen LogP contribution in [0.2, 0.25) is 0 Å². The molecule has 2 N–H and O–H groups in total. The zero-order chi connectivity index (χ0) is 18.3. The van der Waals surface area contributed by atoms with Crippen LogP contribution in [-0.4, -0.2) is 33.8 Å². The summed E-state index contributed by atoms with van der Waals surface area (Å²) in [6.07, 6.45) is 6.69. The molecule has 0 aliphatic heterocycles. The molecule has 0 amide bonds. The third-order valence-electron chi connectivity index (χ3n) is 3.63. The second-order valence-corrected chi connectivity index (χ2v) is 7.12. The predicted octanol–water partition coefficient (Wildman–Crippen LogP) is 3.24. The van der Waals surface area contributed by atoms with Crippen molar-refractivity contribution >= 4 is 29.9 Å². The molecule has 0 atom stereocenters. The van der Waals surface area contributed by atoms with Gasteiger partial charge in [-0.25, -0.2) is 9.98 Å². The van der Waals surface area contributed by atoms with Gasteiger partial charge in [0.2, 0.25) is 5.89 Å². The quantitative estimate of drug-likeness (QED) is 0.279. The molecule has 7 nitrogen and oxygen atoms in total. The fraction of sp³-hybridized carbons (Fsp3) is 0.611. The van der Waals surface area contributed by atoms with Crippen LogP contribution in [0.3, 0.4) is 0 Å². The van der Waals surface area contributed by atoms with Gasteiger partial charge in [0, 0.05) is 31.2 Å². The summed E-state index contributed by atoms with van der Waals surface area (Å²) in [4.78, 5) is 8.86. The van der Waals surface area contributed by atoms with Crippen molar-refractivity contribution in [3.8, 4) is 0 Å². The molecular formula is C18H31IN6O. The van der Waals surface area contributed by atoms with Crippen LogP contribution in [0.15, 0.2) is 28.0 Å². The molecule has 0 bridgehead atoms. The SMILES string of the molecule is CCNC(=NCc1ncc(C(C)(C)C)o1)NCCCn1cc(C)cn1.I. The Labute approximate surface area is 173 Å². The standard InChI is InChI=1S/C18H30N6O.HI/c1-6-19-17(20-8-7-9-24-13-14(2)10-23-24)22-12-16-21-11-15(25-16)18(3,4)5;/h10-11,13H,6-9,12H2,1-5H3,(H2,19,20,22);1H. The fourth-order valence-corrected chi connectivity index (χ4v) is 2.26. The van der Waals surface area contributed by atoms with Gasteiger partial charge in [0.05, 0.1) is 12.4 Å². The number of aromatic nitrogens is 3. The van der Waals surface area contributed by atoms with Crippen LogP contribution in [0.25, 0.3) is 0 Å². The number of aliphatic imine (C=N–C) groups is 1. The Morgan fingerprint density at radius 3 is 2.62 bits per heavy atom. The monoisotopic (exact) mass is 474 g/mol. The van der Waals surface area contributed by atoms with Crippen LogP contribution in [0, 0.1) is 6.92 Å². The van der Waals surface area contributed by atoms with E-state index < -0.39 is 0 Å². The van der Waals surface area contributed by atoms with Gasteiger partial charge in [0.15, 0.2) is 5.96 Å². The van der Waals surface area contributed by atoms with Crippen molar-refractivity contribution < 1.29 is 4.42 Å². The number of nitrogens with zero attached hydrogens (tertiary/aromatic N) is 4. The molecule has 0 aromatic carbocycles. The molecule has 0 spiro atoms. The summed E-state index contributed by atoms with van der Waals surface area (Å²) < 4.78 is 7.74. The number of nitrogens with one attached hydrogen (secondary N) is 2. The Bertz CT molecular complexity index is 686. The fourth-order valence-electron chi connectivity index (χ4n) is 2.26. The molecule has 0 saturated carbocycles. The van der Waals surface area contributed by atoms with Crippen LogP contribution in [0.4, 0.5) is 0 Å². The van der Waals surface area contributed by atoms with Crippen LogP contribution >= 0.6 is 24.0 Å². The number of aryl methyl sites for hydroxylation is 2. The molecule has 0 saturated heterocycles. The second kappa shape index (κ2) is 10.5. The molecule has 0 fully saturated rings. The number of oxazole rings is 1. The highest BCUT2D eigenvalue weighted by Crippen LogP contribution is 2.22. The van der Waals surface area contributed by atoms with E-state index in [9.17, 15) is 0 Å². The molecule has 8 heteroatoms. The Balaban J connectivity index is 0.00000338. The van der Waals surface area contributed by atoms with Crippen LogP contribution in [0.1, 0.15) is 51.3 Å². The summed E-state index contributed by atoms with van der Waals surface area (Å²) in [6.45, 7) is 13.3. The second-order valence-electron chi connectivity index (χ2n) is 7.12. The molecule has 0 unspecified atom stereocenters. The Morgan fingerprint density at radius 1 is 1.27 bits per heavy atom. The highest BCUT2D eigenvalue weighted by molar-refractivity contribution is 14.0. The molecule has 2 heterocycles. The topological polar surface area (TPSA) is 80.3 Å². The highest BCUT2D eigenvalue weighted by atomic mass is 127. The summed E-state index contributed by atoms with van der Waals surface area (Å²) in [5, 5.41) is 10.9. The van der Waals surface area contributed by atoms with E-state index in [0.717, 1.165) is 37.8 Å². The van der Waals surface area contributed by atoms with Crippen molar-refractivity contribution in [1.29, 1.82) is 0 Å². The number of rotatable bonds is 7. The van der Waals surface area contributed by atoms with E-state index >= 15 is 0 Å². The van der Waals surface area contributed by atoms with Crippen LogP contribution in [-0.2, 0) is 18.5 Å². The average molecular weight is 474 g/mol. The van der Waals surface area contributed by atoms with Crippen molar-refractivity contribution in [1.82, 2.24) is 25.4 Å². The smallest absolute Gasteiger partial charge is 0.216 e. The first-order valence-electron chi connectivity index (χ1n) is 8.85. The maximum absolute atomic E-state index is 5.78. The van der Waals surface area contributed by atoms with Gasteiger partial charge in [-0.3, -0.25) is 4.68 Å². The highest BCUT2D eigenvalue weighted by Gasteiger charge is 2.18. The summed E-state index contributed by atoms with van der Waals surface area (Å²) in [7, 11) is 0. The van der Waals surface area contributed by atoms with Gasteiger partial charge in [-0.2, -0.15) is 5.10 Å². The minimum Gasteiger partial charge on any atom is -0.443 e. The van der Waals surface area contributed by atoms with Gasteiger partial charge in [-0.1, -0.05) is 20.8 Å². The lowest BCUT2D eigenvalue weighted by molar-refractivity contribution is 0.383. The molecular weight excluding hydrogens is 443 g/mol. The number of hydrogen-bond acceptors (Lipinski definition) is 4. The molecule has 146 valence electrons. The van der Waals surface area contributed by atoms with E-state index in [0.29, 0.717) is 12.4 Å². The summed E-state index contributed by atoms with van der Waals surface area (Å²) >= 11 is 0. The number of hydrogen-bond donors (Lipinski definition) is 2. The maximum atomic E-state index is 5.78. The van der Waals surface area contributed by atoms with Gasteiger partial charge < -0.3 is 15.1 Å². The zero-order valence-corrected chi connectivity index (χ0v) is 18.7. The molecule has 0 aliphatic rings. The Morgan fingerprint density at radius 2 is 2.04 bits per heavy atom. The van der Waals surface area contributed by atoms with E-state index in [1.165, 1.54) is 5.56 Å². The van der Waals surface area contributed by atoms with Gasteiger partial charge in [0.25, 0.3) is 0 Å². The molecule has 2 aromatic rings. The third kappa shape index (κ3) is 7.35. The maximum Gasteiger partial charge on any atom is 0.216 e. The van der Waals surface area contributed by atoms with Crippen LogP contribution in [0.5, 0.6) is 0 Å². The van der Waals surface area contributed by atoms with E-state index in [-0.39, 0.29) is 29.4 Å². The molecule has 2 aromatic heterocycles. The van der Waals surface area contributed by atoms with Gasteiger partial charge in [-0.05, 0) is 25.8 Å². The summed E-state index contributed by atoms with van der Waals surface area (Å²) in [5.74, 6) is 2.29. The molecule has 0 aliphatic carbocycles. The van der Waals surface area contributed by atoms with Crippen molar-refractivity contribution in [2.75, 3.05) is 13.1 Å². The van der Waals surface area contributed by atoms with E-state index in [4.69, 9.17) is 4.42 Å². The first-order chi connectivity index (χ1) is 11.9. The summed E-state index contributed by atoms with van der Waals surface area (Å²) in [5.41, 5.74) is 1.14. The minimum absolute atomic E-state index is 0. The van der Waals surface area contributed by atoms with E-state index in [1.54, 1.807) is 6.20 Å². The number of halogens is 1. The molecule has 26 heavy (non-hydrogen) atoms. The van der Waals surface area contributed by atoms with Crippen molar-refractivity contribution in [2.45, 2.75) is 59.5 Å². The zero-order valence-electron chi connectivity index (χ0n) is 16.4. The Kier molecular flexibility index (Phi) is 9.11. The van der Waals surface area contributed by atoms with Crippen LogP contribution < -0.4 is 10.6 Å². The molecule has 2 rings (SSSR count). The van der Waals surface area contributed by atoms with Gasteiger partial charge in [-0.15, -0.1) is 24.0 Å². The Hall–Kier alpha value is -1.58. The first-order valence-corrected chi connectivity index (χ1v) is 8.85. The minimum atomic E-state index is -0.0391. The molecule has 0 radical (unpaired) electrons. The average Bonchev–Trinajstić information content (AvgIpc) is 3.17. The van der Waals surface area contributed by atoms with Gasteiger partial charge in [0.1, 0.15) is 12.3 Å². The lowest BCUT2D eigenvalue weighted by Crippen LogP contribution is -2.38. The largest absolute Gasteiger partial charge is 0.443 e. The lowest BCUT2D eigenvalue weighted by atomic mass is 9.94. The van der Waals surface area contributed by atoms with E-state index in [2.05, 4.69) is 52.7 Å². The van der Waals surface area contributed by atoms with Gasteiger partial charge >= 0.3 is 0 Å². The first kappa shape index (κ1) is 22.5. The summed E-state index contributed by atoms with van der Waals surface area (Å²) in [6, 6.07) is 0. The normalized spacial score (nSPS) is 12.0. The van der Waals surface area contributed by atoms with Crippen molar-refractivity contribution in [3.05, 3.63) is 35.8 Å². The van der Waals surface area contributed by atoms with Crippen molar-refractivity contribution in [3.63, 3.8) is 0 Å². The van der Waals surface area contributed by atoms with E-state index in [1.807, 2.05) is 24.7 Å². The third-order valence-corrected chi connectivity index (χ3v) is 3.63.